The molecule has 0 bridgehead atoms. The summed E-state index contributed by atoms with van der Waals surface area (Å²) < 4.78 is 52.3. The van der Waals surface area contributed by atoms with Crippen molar-refractivity contribution in [3.05, 3.63) is 58.6 Å². The van der Waals surface area contributed by atoms with Gasteiger partial charge in [-0.25, -0.2) is 17.6 Å². The van der Waals surface area contributed by atoms with E-state index in [9.17, 15) is 17.6 Å². The first-order valence-corrected chi connectivity index (χ1v) is 4.88. The van der Waals surface area contributed by atoms with E-state index in [1.54, 1.807) is 0 Å². The Hall–Kier alpha value is -1.55. The van der Waals surface area contributed by atoms with Crippen LogP contribution in [0.3, 0.4) is 0 Å². The highest BCUT2D eigenvalue weighted by atomic mass is 35.5. The molecule has 0 aliphatic heterocycles. The van der Waals surface area contributed by atoms with Crippen LogP contribution in [0.4, 0.5) is 17.6 Å². The maximum atomic E-state index is 13.4. The predicted molar refractivity (Wildman–Crippen MR) is 55.6 cm³/mol. The van der Waals surface area contributed by atoms with Crippen molar-refractivity contribution >= 4 is 11.6 Å². The Kier molecular flexibility index (Phi) is 3.07. The van der Waals surface area contributed by atoms with Gasteiger partial charge in [-0.1, -0.05) is 11.6 Å². The van der Waals surface area contributed by atoms with E-state index in [1.165, 1.54) is 0 Å². The molecule has 2 aromatic carbocycles. The fourth-order valence-electron chi connectivity index (χ4n) is 1.42. The van der Waals surface area contributed by atoms with Gasteiger partial charge in [0.1, 0.15) is 23.3 Å². The smallest absolute Gasteiger partial charge is 0.136 e. The maximum absolute atomic E-state index is 13.4. The van der Waals surface area contributed by atoms with Gasteiger partial charge in [0.25, 0.3) is 0 Å². The first-order valence-electron chi connectivity index (χ1n) is 4.50. The highest BCUT2D eigenvalue weighted by molar-refractivity contribution is 6.33. The summed E-state index contributed by atoms with van der Waals surface area (Å²) in [4.78, 5) is 0. The third-order valence-corrected chi connectivity index (χ3v) is 2.41. The zero-order chi connectivity index (χ0) is 12.6. The van der Waals surface area contributed by atoms with Gasteiger partial charge in [-0.15, -0.1) is 0 Å². The van der Waals surface area contributed by atoms with E-state index in [1.807, 2.05) is 0 Å². The summed E-state index contributed by atoms with van der Waals surface area (Å²) in [6.45, 7) is 0. The van der Waals surface area contributed by atoms with Gasteiger partial charge in [-0.2, -0.15) is 0 Å². The third kappa shape index (κ3) is 2.26. The monoisotopic (exact) mass is 259 g/mol. The highest BCUT2D eigenvalue weighted by Gasteiger charge is 2.16. The minimum atomic E-state index is -1.12. The normalized spacial score (nSPS) is 10.6. The Morgan fingerprint density at radius 2 is 1.47 bits per heavy atom. The quantitative estimate of drug-likeness (QED) is 0.668. The van der Waals surface area contributed by atoms with Crippen LogP contribution in [0.25, 0.3) is 11.1 Å². The molecular formula is C12H4ClF4. The summed E-state index contributed by atoms with van der Waals surface area (Å²) in [6, 6.07) is 5.14. The van der Waals surface area contributed by atoms with Gasteiger partial charge >= 0.3 is 0 Å². The second-order valence-corrected chi connectivity index (χ2v) is 3.69. The van der Waals surface area contributed by atoms with E-state index in [0.717, 1.165) is 12.1 Å². The second-order valence-electron chi connectivity index (χ2n) is 3.29. The average molecular weight is 260 g/mol. The molecule has 0 saturated heterocycles. The molecule has 0 fully saturated rings. The van der Waals surface area contributed by atoms with Crippen LogP contribution in [-0.2, 0) is 0 Å². The zero-order valence-corrected chi connectivity index (χ0v) is 8.96. The fraction of sp³-hybridized carbons (Fsp3) is 0. The Morgan fingerprint density at radius 1 is 0.882 bits per heavy atom. The summed E-state index contributed by atoms with van der Waals surface area (Å²) in [7, 11) is 0. The molecule has 0 atom stereocenters. The minimum Gasteiger partial charge on any atom is -0.207 e. The average Bonchev–Trinajstić information content (AvgIpc) is 2.19. The lowest BCUT2D eigenvalue weighted by atomic mass is 10.0. The summed E-state index contributed by atoms with van der Waals surface area (Å²) in [5.41, 5.74) is -0.681. The van der Waals surface area contributed by atoms with Crippen LogP contribution in [-0.4, -0.2) is 0 Å². The van der Waals surface area contributed by atoms with Gasteiger partial charge in [-0.3, -0.25) is 0 Å². The fourth-order valence-corrected chi connectivity index (χ4v) is 1.67. The van der Waals surface area contributed by atoms with Crippen molar-refractivity contribution < 1.29 is 17.6 Å². The van der Waals surface area contributed by atoms with Crippen molar-refractivity contribution in [2.45, 2.75) is 0 Å². The minimum absolute atomic E-state index is 0.150. The first-order chi connectivity index (χ1) is 7.99. The summed E-state index contributed by atoms with van der Waals surface area (Å²) >= 11 is 5.65. The van der Waals surface area contributed by atoms with Gasteiger partial charge in [-0.05, 0) is 18.2 Å². The molecule has 0 unspecified atom stereocenters. The number of hydrogen-bond donors (Lipinski definition) is 0. The molecule has 17 heavy (non-hydrogen) atoms. The van der Waals surface area contributed by atoms with Gasteiger partial charge in [0.2, 0.25) is 0 Å². The van der Waals surface area contributed by atoms with Crippen LogP contribution in [0.15, 0.2) is 24.3 Å². The largest absolute Gasteiger partial charge is 0.207 e. The molecule has 2 aromatic rings. The molecule has 0 aromatic heterocycles. The maximum Gasteiger partial charge on any atom is 0.136 e. The number of rotatable bonds is 1. The molecule has 2 rings (SSSR count). The van der Waals surface area contributed by atoms with Crippen LogP contribution in [0.5, 0.6) is 0 Å². The van der Waals surface area contributed by atoms with Crippen molar-refractivity contribution in [1.82, 2.24) is 0 Å². The lowest BCUT2D eigenvalue weighted by Gasteiger charge is -2.07. The Balaban J connectivity index is 2.68. The summed E-state index contributed by atoms with van der Waals surface area (Å²) in [5, 5.41) is -0.200. The molecule has 0 amide bonds. The molecule has 0 spiro atoms. The van der Waals surface area contributed by atoms with Crippen molar-refractivity contribution in [2.24, 2.45) is 0 Å². The number of hydrogen-bond acceptors (Lipinski definition) is 0. The molecule has 0 nitrogen and oxygen atoms in total. The van der Waals surface area contributed by atoms with Crippen LogP contribution in [0.1, 0.15) is 0 Å². The molecule has 5 heteroatoms. The molecule has 0 aliphatic rings. The van der Waals surface area contributed by atoms with E-state index in [-0.39, 0.29) is 10.6 Å². The van der Waals surface area contributed by atoms with Crippen LogP contribution < -0.4 is 0 Å². The van der Waals surface area contributed by atoms with E-state index < -0.39 is 28.8 Å². The molecular weight excluding hydrogens is 256 g/mol. The van der Waals surface area contributed by atoms with Crippen LogP contribution in [0, 0.1) is 29.3 Å². The highest BCUT2D eigenvalue weighted by Crippen LogP contribution is 2.32. The third-order valence-electron chi connectivity index (χ3n) is 2.11. The van der Waals surface area contributed by atoms with E-state index in [4.69, 9.17) is 11.6 Å². The Morgan fingerprint density at radius 3 is 2.00 bits per heavy atom. The van der Waals surface area contributed by atoms with Gasteiger partial charge in [0.05, 0.1) is 10.6 Å². The number of halogens is 5. The molecule has 0 N–H and O–H groups in total. The van der Waals surface area contributed by atoms with Crippen molar-refractivity contribution in [1.29, 1.82) is 0 Å². The van der Waals surface area contributed by atoms with E-state index >= 15 is 0 Å². The first kappa shape index (κ1) is 11.9. The second kappa shape index (κ2) is 4.37. The predicted octanol–water partition coefficient (Wildman–Crippen LogP) is 4.36. The van der Waals surface area contributed by atoms with Crippen LogP contribution in [0.2, 0.25) is 5.02 Å². The zero-order valence-electron chi connectivity index (χ0n) is 8.20. The van der Waals surface area contributed by atoms with Crippen molar-refractivity contribution in [2.75, 3.05) is 0 Å². The number of benzene rings is 2. The van der Waals surface area contributed by atoms with Gasteiger partial charge < -0.3 is 0 Å². The van der Waals surface area contributed by atoms with Gasteiger partial charge in [0, 0.05) is 17.7 Å². The summed E-state index contributed by atoms with van der Waals surface area (Å²) in [5.74, 6) is -3.96. The topological polar surface area (TPSA) is 0 Å². The lowest BCUT2D eigenvalue weighted by Crippen LogP contribution is -1.93. The summed E-state index contributed by atoms with van der Waals surface area (Å²) in [6.07, 6.45) is 0. The van der Waals surface area contributed by atoms with Gasteiger partial charge in [0.15, 0.2) is 0 Å². The molecule has 0 aliphatic carbocycles. The molecule has 87 valence electrons. The SMILES string of the molecule is Fc1cc(F)c(-c2[c]cc(F)cc2Cl)c(F)c1. The van der Waals surface area contributed by atoms with E-state index in [0.29, 0.717) is 12.1 Å². The molecule has 0 saturated carbocycles. The van der Waals surface area contributed by atoms with E-state index in [2.05, 4.69) is 6.07 Å². The Labute approximate surface area is 99.5 Å². The van der Waals surface area contributed by atoms with Crippen molar-refractivity contribution in [3.63, 3.8) is 0 Å². The molecule has 0 heterocycles. The standard InChI is InChI=1S/C12H4ClF4/c13-9-3-6(14)1-2-8(9)12-10(16)4-7(15)5-11(12)17/h1,3-5H. The van der Waals surface area contributed by atoms with Crippen molar-refractivity contribution in [3.8, 4) is 11.1 Å². The van der Waals surface area contributed by atoms with Crippen LogP contribution >= 0.6 is 11.6 Å². The molecule has 1 radical (unpaired) electrons. The Bertz CT molecular complexity index is 558. The lowest BCUT2D eigenvalue weighted by molar-refractivity contribution is 0.548.